The summed E-state index contributed by atoms with van der Waals surface area (Å²) in [5.41, 5.74) is 5.31. The van der Waals surface area contributed by atoms with Crippen molar-refractivity contribution in [3.8, 4) is 11.8 Å². The van der Waals surface area contributed by atoms with Crippen LogP contribution in [0.2, 0.25) is 0 Å². The van der Waals surface area contributed by atoms with Crippen LogP contribution >= 0.6 is 0 Å². The smallest absolute Gasteiger partial charge is 0.268 e. The normalized spacial score (nSPS) is 13.1. The number of rotatable bonds is 9. The van der Waals surface area contributed by atoms with Gasteiger partial charge >= 0.3 is 0 Å². The molecular weight excluding hydrogens is 570 g/mol. The first-order valence-electron chi connectivity index (χ1n) is 15.0. The van der Waals surface area contributed by atoms with Gasteiger partial charge in [0, 0.05) is 28.5 Å². The van der Waals surface area contributed by atoms with Crippen molar-refractivity contribution >= 4 is 38.4 Å². The predicted molar refractivity (Wildman–Crippen MR) is 175 cm³/mol. The number of anilines is 1. The summed E-state index contributed by atoms with van der Waals surface area (Å²) in [6, 6.07) is 21.7. The van der Waals surface area contributed by atoms with E-state index in [0.717, 1.165) is 27.6 Å². The van der Waals surface area contributed by atoms with Crippen molar-refractivity contribution in [3.63, 3.8) is 0 Å². The summed E-state index contributed by atoms with van der Waals surface area (Å²) >= 11 is 0. The van der Waals surface area contributed by atoms with Crippen molar-refractivity contribution in [1.29, 1.82) is 0 Å². The highest BCUT2D eigenvalue weighted by Gasteiger charge is 2.37. The SMILES string of the molecule is Cc1ccc(S(=O)(=O)OCCCCC#Cc2ccc3c4c(cccc24)C(=O)N(c2c(C(C)C)cccc2C(C)C)C3=O)cc1. The third kappa shape index (κ3) is 6.06. The number of aryl methyl sites for hydroxylation is 1. The number of hydrogen-bond donors (Lipinski definition) is 0. The molecule has 0 saturated carbocycles. The Hall–Kier alpha value is -4.25. The number of imide groups is 1. The quantitative estimate of drug-likeness (QED) is 0.0831. The lowest BCUT2D eigenvalue weighted by molar-refractivity contribution is 0.0892. The van der Waals surface area contributed by atoms with Crippen LogP contribution in [0.15, 0.2) is 77.7 Å². The number of hydrogen-bond acceptors (Lipinski definition) is 5. The van der Waals surface area contributed by atoms with Crippen molar-refractivity contribution in [3.05, 3.63) is 106 Å². The first kappa shape index (κ1) is 31.2. The van der Waals surface area contributed by atoms with Gasteiger partial charge in [-0.15, -0.1) is 0 Å². The minimum atomic E-state index is -3.78. The van der Waals surface area contributed by atoms with Crippen LogP contribution in [-0.4, -0.2) is 26.8 Å². The minimum Gasteiger partial charge on any atom is -0.268 e. The highest BCUT2D eigenvalue weighted by atomic mass is 32.2. The fourth-order valence-electron chi connectivity index (χ4n) is 5.59. The van der Waals surface area contributed by atoms with E-state index in [0.29, 0.717) is 41.5 Å². The summed E-state index contributed by atoms with van der Waals surface area (Å²) in [6.45, 7) is 10.3. The Balaban J connectivity index is 1.34. The first-order valence-corrected chi connectivity index (χ1v) is 16.4. The average Bonchev–Trinajstić information content (AvgIpc) is 2.99. The third-order valence-electron chi connectivity index (χ3n) is 7.94. The van der Waals surface area contributed by atoms with Gasteiger partial charge in [-0.2, -0.15) is 8.42 Å². The van der Waals surface area contributed by atoms with Gasteiger partial charge < -0.3 is 0 Å². The lowest BCUT2D eigenvalue weighted by Crippen LogP contribution is -2.41. The van der Waals surface area contributed by atoms with E-state index in [1.807, 2.05) is 43.3 Å². The van der Waals surface area contributed by atoms with Gasteiger partial charge in [-0.3, -0.25) is 13.8 Å². The summed E-state index contributed by atoms with van der Waals surface area (Å²) in [6.07, 6.45) is 1.75. The molecule has 1 aliphatic heterocycles. The van der Waals surface area contributed by atoms with E-state index in [4.69, 9.17) is 4.18 Å². The van der Waals surface area contributed by atoms with Crippen molar-refractivity contribution < 1.29 is 22.2 Å². The van der Waals surface area contributed by atoms with E-state index >= 15 is 0 Å². The van der Waals surface area contributed by atoms with E-state index in [-0.39, 0.29) is 35.2 Å². The molecule has 0 aliphatic carbocycles. The molecule has 4 aromatic rings. The Bertz CT molecular complexity index is 1860. The maximum atomic E-state index is 14.0. The van der Waals surface area contributed by atoms with Crippen LogP contribution < -0.4 is 4.90 Å². The lowest BCUT2D eigenvalue weighted by atomic mass is 9.87. The molecule has 0 spiro atoms. The molecule has 2 amide bonds. The summed E-state index contributed by atoms with van der Waals surface area (Å²) in [7, 11) is -3.78. The monoisotopic (exact) mass is 607 g/mol. The molecule has 226 valence electrons. The molecule has 0 atom stereocenters. The largest absolute Gasteiger partial charge is 0.296 e. The summed E-state index contributed by atoms with van der Waals surface area (Å²) in [5, 5.41) is 1.40. The Kier molecular flexibility index (Phi) is 9.05. The van der Waals surface area contributed by atoms with Crippen LogP contribution in [0.5, 0.6) is 0 Å². The number of benzene rings is 4. The molecule has 4 aromatic carbocycles. The summed E-state index contributed by atoms with van der Waals surface area (Å²) in [4.78, 5) is 29.6. The Labute approximate surface area is 260 Å². The van der Waals surface area contributed by atoms with E-state index < -0.39 is 10.1 Å². The highest BCUT2D eigenvalue weighted by Crippen LogP contribution is 2.40. The number of unbranched alkanes of at least 4 members (excludes halogenated alkanes) is 2. The number of carbonyl (C=O) groups is 2. The number of carbonyl (C=O) groups excluding carboxylic acids is 2. The molecular formula is C37H37NO5S. The van der Waals surface area contributed by atoms with Crippen LogP contribution in [0.1, 0.15) is 102 Å². The molecule has 0 aromatic heterocycles. The van der Waals surface area contributed by atoms with Crippen LogP contribution in [0, 0.1) is 18.8 Å². The fraction of sp³-hybridized carbons (Fsp3) is 0.297. The van der Waals surface area contributed by atoms with Crippen molar-refractivity contribution in [2.24, 2.45) is 0 Å². The Morgan fingerprint density at radius 1 is 0.773 bits per heavy atom. The molecule has 0 N–H and O–H groups in total. The lowest BCUT2D eigenvalue weighted by Gasteiger charge is -2.32. The van der Waals surface area contributed by atoms with Gasteiger partial charge in [0.05, 0.1) is 17.2 Å². The maximum Gasteiger partial charge on any atom is 0.296 e. The second kappa shape index (κ2) is 12.8. The van der Waals surface area contributed by atoms with Crippen LogP contribution in [0.4, 0.5) is 5.69 Å². The summed E-state index contributed by atoms with van der Waals surface area (Å²) < 4.78 is 29.9. The molecule has 7 heteroatoms. The van der Waals surface area contributed by atoms with Crippen molar-refractivity contribution in [1.82, 2.24) is 0 Å². The van der Waals surface area contributed by atoms with Crippen LogP contribution in [0.25, 0.3) is 10.8 Å². The zero-order chi connectivity index (χ0) is 31.6. The van der Waals surface area contributed by atoms with Crippen molar-refractivity contribution in [2.75, 3.05) is 11.5 Å². The molecule has 0 bridgehead atoms. The second-order valence-electron chi connectivity index (χ2n) is 11.8. The molecule has 0 unspecified atom stereocenters. The molecule has 0 radical (unpaired) electrons. The zero-order valence-electron chi connectivity index (χ0n) is 25.8. The van der Waals surface area contributed by atoms with E-state index in [1.54, 1.807) is 36.4 Å². The van der Waals surface area contributed by atoms with Crippen LogP contribution in [0.3, 0.4) is 0 Å². The highest BCUT2D eigenvalue weighted by molar-refractivity contribution is 7.86. The maximum absolute atomic E-state index is 14.0. The van der Waals surface area contributed by atoms with E-state index in [1.165, 1.54) is 4.90 Å². The van der Waals surface area contributed by atoms with E-state index in [9.17, 15) is 18.0 Å². The Morgan fingerprint density at radius 2 is 1.39 bits per heavy atom. The molecule has 1 aliphatic rings. The van der Waals surface area contributed by atoms with Gasteiger partial charge in [-0.05, 0) is 78.4 Å². The number of para-hydroxylation sites is 1. The van der Waals surface area contributed by atoms with Gasteiger partial charge in [-0.25, -0.2) is 4.90 Å². The molecule has 1 heterocycles. The fourth-order valence-corrected chi connectivity index (χ4v) is 6.54. The van der Waals surface area contributed by atoms with Gasteiger partial charge in [0.15, 0.2) is 0 Å². The van der Waals surface area contributed by atoms with Crippen molar-refractivity contribution in [2.45, 2.75) is 70.6 Å². The van der Waals surface area contributed by atoms with Gasteiger partial charge in [0.25, 0.3) is 21.9 Å². The summed E-state index contributed by atoms with van der Waals surface area (Å²) in [5.74, 6) is 5.98. The standard InChI is InChI=1S/C37H37NO5S/c1-24(2)29-13-10-14-30(25(3)4)35(29)38-36(39)32-16-11-15-31-27(19-22-33(34(31)32)37(38)40)12-8-6-7-9-23-43-44(41,42)28-20-17-26(5)18-21-28/h10-11,13-22,24-25H,6-7,9,23H2,1-5H3. The molecule has 5 rings (SSSR count). The number of nitrogens with zero attached hydrogens (tertiary/aromatic N) is 1. The second-order valence-corrected chi connectivity index (χ2v) is 13.4. The molecule has 6 nitrogen and oxygen atoms in total. The predicted octanol–water partition coefficient (Wildman–Crippen LogP) is 8.12. The van der Waals surface area contributed by atoms with Gasteiger partial charge in [-0.1, -0.05) is 87.6 Å². The third-order valence-corrected chi connectivity index (χ3v) is 9.27. The van der Waals surface area contributed by atoms with Crippen LogP contribution in [-0.2, 0) is 14.3 Å². The molecule has 0 saturated heterocycles. The van der Waals surface area contributed by atoms with Gasteiger partial charge in [0.2, 0.25) is 0 Å². The topological polar surface area (TPSA) is 80.8 Å². The Morgan fingerprint density at radius 3 is 2.02 bits per heavy atom. The molecule has 44 heavy (non-hydrogen) atoms. The zero-order valence-corrected chi connectivity index (χ0v) is 26.6. The van der Waals surface area contributed by atoms with E-state index in [2.05, 4.69) is 39.5 Å². The first-order chi connectivity index (χ1) is 21.0. The molecule has 0 fully saturated rings. The van der Waals surface area contributed by atoms with Gasteiger partial charge in [0.1, 0.15) is 0 Å². The minimum absolute atomic E-state index is 0.0814. The number of amides is 2. The average molecular weight is 608 g/mol.